The van der Waals surface area contributed by atoms with Gasteiger partial charge in [-0.3, -0.25) is 4.79 Å². The highest BCUT2D eigenvalue weighted by atomic mass is 35.5. The molecule has 0 bridgehead atoms. The molecule has 0 fully saturated rings. The first kappa shape index (κ1) is 12.1. The van der Waals surface area contributed by atoms with Crippen molar-refractivity contribution in [3.63, 3.8) is 0 Å². The van der Waals surface area contributed by atoms with E-state index < -0.39 is 11.9 Å². The molecule has 2 rings (SSSR count). The molecule has 2 N–H and O–H groups in total. The maximum Gasteiger partial charge on any atom is 0.338 e. The van der Waals surface area contributed by atoms with Gasteiger partial charge in [-0.1, -0.05) is 11.6 Å². The zero-order chi connectivity index (χ0) is 12.4. The fraction of sp³-hybridized carbons (Fsp3) is 0. The summed E-state index contributed by atoms with van der Waals surface area (Å²) in [6, 6.07) is 3.06. The zero-order valence-electron chi connectivity index (χ0n) is 8.27. The van der Waals surface area contributed by atoms with Gasteiger partial charge in [0.1, 0.15) is 9.88 Å². The van der Waals surface area contributed by atoms with Crippen molar-refractivity contribution in [1.29, 1.82) is 0 Å². The smallest absolute Gasteiger partial charge is 0.338 e. The van der Waals surface area contributed by atoms with Gasteiger partial charge < -0.3 is 10.4 Å². The Hall–Kier alpha value is -1.37. The number of carbonyl (C=O) groups is 2. The summed E-state index contributed by atoms with van der Waals surface area (Å²) in [5.74, 6) is -1.46. The maximum absolute atomic E-state index is 11.8. The van der Waals surface area contributed by atoms with Gasteiger partial charge in [0.2, 0.25) is 0 Å². The number of carboxylic acids is 1. The van der Waals surface area contributed by atoms with Crippen molar-refractivity contribution < 1.29 is 14.7 Å². The van der Waals surface area contributed by atoms with Crippen LogP contribution in [0.25, 0.3) is 0 Å². The number of aromatic carboxylic acids is 1. The lowest BCUT2D eigenvalue weighted by atomic mass is 10.3. The van der Waals surface area contributed by atoms with Crippen LogP contribution >= 0.6 is 34.3 Å². The molecule has 0 saturated carbocycles. The number of hydrogen-bond donors (Lipinski definition) is 2. The van der Waals surface area contributed by atoms with Gasteiger partial charge in [-0.25, -0.2) is 4.79 Å². The topological polar surface area (TPSA) is 66.4 Å². The van der Waals surface area contributed by atoms with Crippen LogP contribution in [0.1, 0.15) is 20.0 Å². The van der Waals surface area contributed by atoms with Crippen LogP contribution in [-0.4, -0.2) is 17.0 Å². The van der Waals surface area contributed by atoms with E-state index in [-0.39, 0.29) is 5.56 Å². The summed E-state index contributed by atoms with van der Waals surface area (Å²) >= 11 is 8.18. The van der Waals surface area contributed by atoms with Gasteiger partial charge in [-0.05, 0) is 22.9 Å². The molecule has 7 heteroatoms. The molecule has 0 unspecified atom stereocenters. The van der Waals surface area contributed by atoms with Crippen molar-refractivity contribution >= 4 is 51.2 Å². The largest absolute Gasteiger partial charge is 0.478 e. The number of nitrogens with one attached hydrogen (secondary N) is 1. The van der Waals surface area contributed by atoms with Gasteiger partial charge in [-0.2, -0.15) is 0 Å². The maximum atomic E-state index is 11.8. The van der Waals surface area contributed by atoms with Crippen LogP contribution in [0.5, 0.6) is 0 Å². The number of thiophene rings is 2. The van der Waals surface area contributed by atoms with Crippen LogP contribution in [0.15, 0.2) is 22.9 Å². The molecule has 4 nitrogen and oxygen atoms in total. The third kappa shape index (κ3) is 2.49. The molecule has 2 heterocycles. The Bertz CT molecular complexity index is 576. The van der Waals surface area contributed by atoms with Gasteiger partial charge in [0.05, 0.1) is 10.6 Å². The molecule has 0 atom stereocenters. The normalized spacial score (nSPS) is 10.2. The van der Waals surface area contributed by atoms with Crippen molar-refractivity contribution in [1.82, 2.24) is 0 Å². The third-order valence-corrected chi connectivity index (χ3v) is 4.12. The second-order valence-electron chi connectivity index (χ2n) is 3.02. The van der Waals surface area contributed by atoms with Crippen LogP contribution in [0.4, 0.5) is 5.00 Å². The highest BCUT2D eigenvalue weighted by Gasteiger charge is 2.17. The van der Waals surface area contributed by atoms with E-state index in [2.05, 4.69) is 5.32 Å². The minimum Gasteiger partial charge on any atom is -0.478 e. The summed E-state index contributed by atoms with van der Waals surface area (Å²) in [7, 11) is 0. The Balaban J connectivity index is 2.22. The molecular formula is C10H6ClNO3S2. The molecule has 1 amide bonds. The SMILES string of the molecule is O=C(O)c1ccsc1NC(=O)c1sccc1Cl. The van der Waals surface area contributed by atoms with E-state index in [0.717, 1.165) is 11.3 Å². The number of rotatable bonds is 3. The lowest BCUT2D eigenvalue weighted by Crippen LogP contribution is -2.12. The predicted molar refractivity (Wildman–Crippen MR) is 68.6 cm³/mol. The molecule has 0 aromatic carbocycles. The second-order valence-corrected chi connectivity index (χ2v) is 5.26. The van der Waals surface area contributed by atoms with Gasteiger partial charge in [0.25, 0.3) is 5.91 Å². The molecule has 0 aliphatic heterocycles. The predicted octanol–water partition coefficient (Wildman–Crippen LogP) is 3.41. The lowest BCUT2D eigenvalue weighted by Gasteiger charge is -2.02. The second kappa shape index (κ2) is 4.87. The minimum absolute atomic E-state index is 0.0797. The number of anilines is 1. The Morgan fingerprint density at radius 1 is 1.24 bits per heavy atom. The quantitative estimate of drug-likeness (QED) is 0.909. The Morgan fingerprint density at radius 3 is 2.53 bits per heavy atom. The molecule has 0 aliphatic rings. The van der Waals surface area contributed by atoms with Crippen LogP contribution in [0.3, 0.4) is 0 Å². The first-order valence-electron chi connectivity index (χ1n) is 4.44. The number of amides is 1. The van der Waals surface area contributed by atoms with E-state index in [0.29, 0.717) is 14.9 Å². The highest BCUT2D eigenvalue weighted by molar-refractivity contribution is 7.15. The van der Waals surface area contributed by atoms with Crippen LogP contribution in [0, 0.1) is 0 Å². The van der Waals surface area contributed by atoms with Crippen molar-refractivity contribution in [2.75, 3.05) is 5.32 Å². The molecule has 2 aromatic rings. The Labute approximate surface area is 109 Å². The van der Waals surface area contributed by atoms with E-state index in [1.165, 1.54) is 17.4 Å². The summed E-state index contributed by atoms with van der Waals surface area (Å²) in [5.41, 5.74) is 0.0797. The average molecular weight is 288 g/mol. The summed E-state index contributed by atoms with van der Waals surface area (Å²) in [6.07, 6.45) is 0. The molecule has 17 heavy (non-hydrogen) atoms. The van der Waals surface area contributed by atoms with Gasteiger partial charge in [0, 0.05) is 0 Å². The summed E-state index contributed by atoms with van der Waals surface area (Å²) in [6.45, 7) is 0. The first-order chi connectivity index (χ1) is 8.09. The van der Waals surface area contributed by atoms with Gasteiger partial charge in [0.15, 0.2) is 0 Å². The summed E-state index contributed by atoms with van der Waals surface area (Å²) in [5, 5.41) is 15.4. The van der Waals surface area contributed by atoms with E-state index in [1.54, 1.807) is 16.8 Å². The molecule has 0 aliphatic carbocycles. The number of halogens is 1. The van der Waals surface area contributed by atoms with E-state index in [1.807, 2.05) is 0 Å². The molecule has 0 saturated heterocycles. The number of hydrogen-bond acceptors (Lipinski definition) is 4. The van der Waals surface area contributed by atoms with Crippen molar-refractivity contribution in [3.8, 4) is 0 Å². The molecule has 88 valence electrons. The number of carboxylic acid groups (broad SMARTS) is 1. The van der Waals surface area contributed by atoms with E-state index in [4.69, 9.17) is 16.7 Å². The molecule has 2 aromatic heterocycles. The zero-order valence-corrected chi connectivity index (χ0v) is 10.7. The van der Waals surface area contributed by atoms with Gasteiger partial charge >= 0.3 is 5.97 Å². The van der Waals surface area contributed by atoms with Crippen molar-refractivity contribution in [2.45, 2.75) is 0 Å². The van der Waals surface area contributed by atoms with Crippen LogP contribution in [-0.2, 0) is 0 Å². The standard InChI is InChI=1S/C10H6ClNO3S2/c11-6-2-4-16-7(6)8(13)12-9-5(10(14)15)1-3-17-9/h1-4H,(H,12,13)(H,14,15). The Morgan fingerprint density at radius 2 is 1.94 bits per heavy atom. The van der Waals surface area contributed by atoms with Crippen LogP contribution in [0.2, 0.25) is 5.02 Å². The minimum atomic E-state index is -1.07. The summed E-state index contributed by atoms with van der Waals surface area (Å²) in [4.78, 5) is 23.0. The molecule has 0 radical (unpaired) electrons. The molecule has 0 spiro atoms. The van der Waals surface area contributed by atoms with Crippen LogP contribution < -0.4 is 5.32 Å². The highest BCUT2D eigenvalue weighted by Crippen LogP contribution is 2.27. The average Bonchev–Trinajstić information content (AvgIpc) is 2.86. The van der Waals surface area contributed by atoms with E-state index >= 15 is 0 Å². The van der Waals surface area contributed by atoms with Crippen molar-refractivity contribution in [3.05, 3.63) is 38.4 Å². The first-order valence-corrected chi connectivity index (χ1v) is 6.58. The lowest BCUT2D eigenvalue weighted by molar-refractivity contribution is 0.0698. The monoisotopic (exact) mass is 287 g/mol. The number of carbonyl (C=O) groups excluding carboxylic acids is 1. The summed E-state index contributed by atoms with van der Waals surface area (Å²) < 4.78 is 0. The van der Waals surface area contributed by atoms with Gasteiger partial charge in [-0.15, -0.1) is 22.7 Å². The molecular weight excluding hydrogens is 282 g/mol. The third-order valence-electron chi connectivity index (χ3n) is 1.95. The fourth-order valence-corrected chi connectivity index (χ4v) is 3.00. The van der Waals surface area contributed by atoms with Crippen molar-refractivity contribution in [2.24, 2.45) is 0 Å². The Kier molecular flexibility index (Phi) is 3.46. The fourth-order valence-electron chi connectivity index (χ4n) is 1.19. The van der Waals surface area contributed by atoms with E-state index in [9.17, 15) is 9.59 Å².